The molecular weight excluding hydrogens is 155 g/mol. The third kappa shape index (κ3) is 2.08. The zero-order valence-electron chi connectivity index (χ0n) is 6.50. The van der Waals surface area contributed by atoms with Gasteiger partial charge in [-0.15, -0.1) is 12.3 Å². The summed E-state index contributed by atoms with van der Waals surface area (Å²) >= 11 is 0. The van der Waals surface area contributed by atoms with Crippen LogP contribution in [0.4, 0.5) is 4.39 Å². The maximum absolute atomic E-state index is 12.4. The van der Waals surface area contributed by atoms with Crippen LogP contribution in [-0.2, 0) is 0 Å². The molecule has 1 N–H and O–H groups in total. The molecule has 1 atom stereocenters. The van der Waals surface area contributed by atoms with E-state index in [1.54, 1.807) is 0 Å². The van der Waals surface area contributed by atoms with Gasteiger partial charge < -0.3 is 5.11 Å². The highest BCUT2D eigenvalue weighted by molar-refractivity contribution is 5.19. The van der Waals surface area contributed by atoms with Gasteiger partial charge >= 0.3 is 0 Å². The maximum Gasteiger partial charge on any atom is 0.123 e. The second-order valence-corrected chi connectivity index (χ2v) is 2.48. The van der Waals surface area contributed by atoms with Gasteiger partial charge in [0.15, 0.2) is 0 Å². The van der Waals surface area contributed by atoms with E-state index in [2.05, 4.69) is 5.92 Å². The van der Waals surface area contributed by atoms with Crippen molar-refractivity contribution in [1.29, 1.82) is 0 Å². The Morgan fingerprint density at radius 1 is 1.42 bits per heavy atom. The Labute approximate surface area is 70.9 Å². The van der Waals surface area contributed by atoms with Crippen LogP contribution in [0.15, 0.2) is 24.3 Å². The average Bonchev–Trinajstić information content (AvgIpc) is 2.06. The first-order valence-corrected chi connectivity index (χ1v) is 3.61. The summed E-state index contributed by atoms with van der Waals surface area (Å²) in [5.74, 6) is 2.02. The van der Waals surface area contributed by atoms with Crippen molar-refractivity contribution in [3.8, 4) is 12.3 Å². The molecule has 0 aliphatic carbocycles. The molecule has 0 aliphatic heterocycles. The number of terminal acetylenes is 1. The van der Waals surface area contributed by atoms with E-state index < -0.39 is 6.10 Å². The van der Waals surface area contributed by atoms with E-state index in [1.165, 1.54) is 24.3 Å². The molecule has 0 bridgehead atoms. The predicted molar refractivity (Wildman–Crippen MR) is 44.8 cm³/mol. The van der Waals surface area contributed by atoms with E-state index in [9.17, 15) is 9.50 Å². The molecule has 0 radical (unpaired) electrons. The van der Waals surface area contributed by atoms with Crippen LogP contribution >= 0.6 is 0 Å². The Morgan fingerprint density at radius 2 is 2.00 bits per heavy atom. The fraction of sp³-hybridized carbons (Fsp3) is 0.200. The van der Waals surface area contributed by atoms with E-state index >= 15 is 0 Å². The summed E-state index contributed by atoms with van der Waals surface area (Å²) in [7, 11) is 0. The molecule has 0 aromatic heterocycles. The van der Waals surface area contributed by atoms with Crippen molar-refractivity contribution in [1.82, 2.24) is 0 Å². The van der Waals surface area contributed by atoms with Crippen LogP contribution in [0.5, 0.6) is 0 Å². The third-order valence-corrected chi connectivity index (χ3v) is 1.57. The molecule has 1 rings (SSSR count). The monoisotopic (exact) mass is 164 g/mol. The van der Waals surface area contributed by atoms with Gasteiger partial charge in [-0.25, -0.2) is 4.39 Å². The summed E-state index contributed by atoms with van der Waals surface area (Å²) in [4.78, 5) is 0. The molecule has 2 heteroatoms. The number of aliphatic hydroxyl groups excluding tert-OH is 1. The molecule has 0 spiro atoms. The second-order valence-electron chi connectivity index (χ2n) is 2.48. The summed E-state index contributed by atoms with van der Waals surface area (Å²) in [6.07, 6.45) is 4.58. The Morgan fingerprint density at radius 3 is 2.50 bits per heavy atom. The van der Waals surface area contributed by atoms with Gasteiger partial charge in [0.1, 0.15) is 5.82 Å². The van der Waals surface area contributed by atoms with Crippen LogP contribution in [0, 0.1) is 18.2 Å². The molecule has 1 nitrogen and oxygen atoms in total. The SMILES string of the molecule is C#CC[C@@H](O)c1ccc(F)cc1. The quantitative estimate of drug-likeness (QED) is 0.662. The molecular formula is C10H9FO. The van der Waals surface area contributed by atoms with Gasteiger partial charge in [-0.2, -0.15) is 0 Å². The number of hydrogen-bond acceptors (Lipinski definition) is 1. The van der Waals surface area contributed by atoms with Crippen molar-refractivity contribution >= 4 is 0 Å². The van der Waals surface area contributed by atoms with Crippen molar-refractivity contribution < 1.29 is 9.50 Å². The van der Waals surface area contributed by atoms with Gasteiger partial charge in [0.25, 0.3) is 0 Å². The number of hydrogen-bond donors (Lipinski definition) is 1. The second kappa shape index (κ2) is 3.89. The minimum Gasteiger partial charge on any atom is -0.387 e. The van der Waals surface area contributed by atoms with Crippen LogP contribution in [0.2, 0.25) is 0 Å². The summed E-state index contributed by atoms with van der Waals surface area (Å²) in [6.45, 7) is 0. The molecule has 0 saturated heterocycles. The highest BCUT2D eigenvalue weighted by Gasteiger charge is 2.04. The zero-order valence-corrected chi connectivity index (χ0v) is 6.50. The van der Waals surface area contributed by atoms with Gasteiger partial charge in [-0.05, 0) is 17.7 Å². The molecule has 12 heavy (non-hydrogen) atoms. The molecule has 0 heterocycles. The standard InChI is InChI=1S/C10H9FO/c1-2-3-10(12)8-4-6-9(11)7-5-8/h1,4-7,10,12H,3H2/t10-/m1/s1. The van der Waals surface area contributed by atoms with Crippen LogP contribution in [0.3, 0.4) is 0 Å². The van der Waals surface area contributed by atoms with Gasteiger partial charge in [0, 0.05) is 6.42 Å². The first-order chi connectivity index (χ1) is 5.74. The fourth-order valence-corrected chi connectivity index (χ4v) is 0.914. The molecule has 0 saturated carbocycles. The molecule has 1 aromatic rings. The van der Waals surface area contributed by atoms with Crippen molar-refractivity contribution in [2.24, 2.45) is 0 Å². The van der Waals surface area contributed by atoms with Gasteiger partial charge in [0.2, 0.25) is 0 Å². The van der Waals surface area contributed by atoms with E-state index in [0.29, 0.717) is 5.56 Å². The number of rotatable bonds is 2. The molecule has 0 fully saturated rings. The Balaban J connectivity index is 2.76. The van der Waals surface area contributed by atoms with Crippen molar-refractivity contribution in [2.75, 3.05) is 0 Å². The number of aliphatic hydroxyl groups is 1. The summed E-state index contributed by atoms with van der Waals surface area (Å²) < 4.78 is 12.4. The van der Waals surface area contributed by atoms with Gasteiger partial charge in [-0.1, -0.05) is 12.1 Å². The lowest BCUT2D eigenvalue weighted by molar-refractivity contribution is 0.184. The van der Waals surface area contributed by atoms with Crippen molar-refractivity contribution in [2.45, 2.75) is 12.5 Å². The van der Waals surface area contributed by atoms with Crippen LogP contribution in [0.25, 0.3) is 0 Å². The first-order valence-electron chi connectivity index (χ1n) is 3.61. The summed E-state index contributed by atoms with van der Waals surface area (Å²) in [5.41, 5.74) is 0.648. The summed E-state index contributed by atoms with van der Waals surface area (Å²) in [5, 5.41) is 9.35. The lowest BCUT2D eigenvalue weighted by Gasteiger charge is -2.05. The average molecular weight is 164 g/mol. The maximum atomic E-state index is 12.4. The van der Waals surface area contributed by atoms with Crippen LogP contribution in [0.1, 0.15) is 18.1 Å². The Hall–Kier alpha value is -1.33. The first kappa shape index (κ1) is 8.76. The van der Waals surface area contributed by atoms with E-state index in [1.807, 2.05) is 0 Å². The highest BCUT2D eigenvalue weighted by atomic mass is 19.1. The number of halogens is 1. The molecule has 0 amide bonds. The minimum atomic E-state index is -0.685. The van der Waals surface area contributed by atoms with Gasteiger partial charge in [0.05, 0.1) is 6.10 Å². The lowest BCUT2D eigenvalue weighted by Crippen LogP contribution is -1.95. The Kier molecular flexibility index (Phi) is 2.84. The molecule has 0 aliphatic rings. The van der Waals surface area contributed by atoms with Crippen molar-refractivity contribution in [3.63, 3.8) is 0 Å². The lowest BCUT2D eigenvalue weighted by atomic mass is 10.1. The molecule has 1 aromatic carbocycles. The van der Waals surface area contributed by atoms with E-state index in [4.69, 9.17) is 6.42 Å². The van der Waals surface area contributed by atoms with Gasteiger partial charge in [-0.3, -0.25) is 0 Å². The predicted octanol–water partition coefficient (Wildman–Crippen LogP) is 1.88. The highest BCUT2D eigenvalue weighted by Crippen LogP contribution is 2.15. The van der Waals surface area contributed by atoms with Crippen LogP contribution < -0.4 is 0 Å². The van der Waals surface area contributed by atoms with Crippen LogP contribution in [-0.4, -0.2) is 5.11 Å². The van der Waals surface area contributed by atoms with Crippen molar-refractivity contribution in [3.05, 3.63) is 35.6 Å². The Bertz CT molecular complexity index is 284. The molecule has 62 valence electrons. The topological polar surface area (TPSA) is 20.2 Å². The van der Waals surface area contributed by atoms with E-state index in [0.717, 1.165) is 0 Å². The zero-order chi connectivity index (χ0) is 8.97. The largest absolute Gasteiger partial charge is 0.387 e. The summed E-state index contributed by atoms with van der Waals surface area (Å²) in [6, 6.07) is 5.65. The smallest absolute Gasteiger partial charge is 0.123 e. The third-order valence-electron chi connectivity index (χ3n) is 1.57. The fourth-order valence-electron chi connectivity index (χ4n) is 0.914. The van der Waals surface area contributed by atoms with E-state index in [-0.39, 0.29) is 12.2 Å². The minimum absolute atomic E-state index is 0.256. The molecule has 0 unspecified atom stereocenters. The normalized spacial score (nSPS) is 12.1. The number of benzene rings is 1.